The van der Waals surface area contributed by atoms with Crippen LogP contribution in [0.15, 0.2) is 0 Å². The van der Waals surface area contributed by atoms with Gasteiger partial charge in [-0.1, -0.05) is 66.2 Å². The second-order valence-electron chi connectivity index (χ2n) is 7.52. The van der Waals surface area contributed by atoms with Crippen LogP contribution in [0, 0.1) is 11.8 Å². The van der Waals surface area contributed by atoms with Crippen molar-refractivity contribution in [3.63, 3.8) is 0 Å². The summed E-state index contributed by atoms with van der Waals surface area (Å²) in [7, 11) is 0. The molecular formula is C21H42O3. The first-order valence-electron chi connectivity index (χ1n) is 10.5. The van der Waals surface area contributed by atoms with Crippen LogP contribution in [0.1, 0.15) is 85.5 Å². The van der Waals surface area contributed by atoms with Crippen LogP contribution in [0.4, 0.5) is 0 Å². The molecule has 144 valence electrons. The minimum absolute atomic E-state index is 0.218. The smallest absolute Gasteiger partial charge is 0.0834 e. The van der Waals surface area contributed by atoms with Crippen LogP contribution >= 0.6 is 0 Å². The SMILES string of the molecule is CCCCC(CC)COC1COCC(OCC(CC)CCCC)C1. The first kappa shape index (κ1) is 21.9. The predicted molar refractivity (Wildman–Crippen MR) is 102 cm³/mol. The largest absolute Gasteiger partial charge is 0.376 e. The second-order valence-corrected chi connectivity index (χ2v) is 7.52. The summed E-state index contributed by atoms with van der Waals surface area (Å²) >= 11 is 0. The van der Waals surface area contributed by atoms with Gasteiger partial charge < -0.3 is 14.2 Å². The van der Waals surface area contributed by atoms with E-state index < -0.39 is 0 Å². The highest BCUT2D eigenvalue weighted by Crippen LogP contribution is 2.20. The van der Waals surface area contributed by atoms with Crippen molar-refractivity contribution in [2.45, 2.75) is 97.7 Å². The molecule has 0 aromatic carbocycles. The Morgan fingerprint density at radius 1 is 0.792 bits per heavy atom. The molecule has 0 aromatic rings. The van der Waals surface area contributed by atoms with Crippen molar-refractivity contribution in [1.82, 2.24) is 0 Å². The molecule has 0 bridgehead atoms. The van der Waals surface area contributed by atoms with Crippen molar-refractivity contribution in [2.24, 2.45) is 11.8 Å². The molecule has 0 aliphatic carbocycles. The van der Waals surface area contributed by atoms with E-state index in [0.717, 1.165) is 32.8 Å². The molecular weight excluding hydrogens is 300 g/mol. The normalized spacial score (nSPS) is 24.0. The number of rotatable bonds is 14. The Morgan fingerprint density at radius 3 is 1.62 bits per heavy atom. The molecule has 0 saturated carbocycles. The van der Waals surface area contributed by atoms with Crippen molar-refractivity contribution in [3.8, 4) is 0 Å². The first-order chi connectivity index (χ1) is 11.7. The third-order valence-corrected chi connectivity index (χ3v) is 5.36. The molecule has 1 rings (SSSR count). The molecule has 3 nitrogen and oxygen atoms in total. The molecule has 1 aliphatic heterocycles. The summed E-state index contributed by atoms with van der Waals surface area (Å²) in [5.41, 5.74) is 0. The Labute approximate surface area is 150 Å². The van der Waals surface area contributed by atoms with Gasteiger partial charge in [-0.3, -0.25) is 0 Å². The van der Waals surface area contributed by atoms with Crippen LogP contribution in [-0.4, -0.2) is 38.6 Å². The van der Waals surface area contributed by atoms with Gasteiger partial charge in [0.1, 0.15) is 0 Å². The van der Waals surface area contributed by atoms with Crippen LogP contribution in [-0.2, 0) is 14.2 Å². The van der Waals surface area contributed by atoms with Gasteiger partial charge in [0, 0.05) is 19.6 Å². The maximum atomic E-state index is 6.16. The summed E-state index contributed by atoms with van der Waals surface area (Å²) in [6.07, 6.45) is 11.6. The third-order valence-electron chi connectivity index (χ3n) is 5.36. The lowest BCUT2D eigenvalue weighted by Crippen LogP contribution is -2.38. The number of hydrogen-bond donors (Lipinski definition) is 0. The lowest BCUT2D eigenvalue weighted by molar-refractivity contribution is -0.128. The molecule has 0 radical (unpaired) electrons. The molecule has 24 heavy (non-hydrogen) atoms. The van der Waals surface area contributed by atoms with Gasteiger partial charge in [0.25, 0.3) is 0 Å². The quantitative estimate of drug-likeness (QED) is 0.410. The van der Waals surface area contributed by atoms with Gasteiger partial charge in [0.2, 0.25) is 0 Å². The van der Waals surface area contributed by atoms with E-state index in [4.69, 9.17) is 14.2 Å². The summed E-state index contributed by atoms with van der Waals surface area (Å²) in [6.45, 7) is 12.3. The van der Waals surface area contributed by atoms with Gasteiger partial charge in [0.05, 0.1) is 25.4 Å². The molecule has 3 heteroatoms. The van der Waals surface area contributed by atoms with Crippen molar-refractivity contribution in [2.75, 3.05) is 26.4 Å². The molecule has 1 heterocycles. The van der Waals surface area contributed by atoms with E-state index in [9.17, 15) is 0 Å². The molecule has 4 unspecified atom stereocenters. The van der Waals surface area contributed by atoms with Gasteiger partial charge in [-0.2, -0.15) is 0 Å². The summed E-state index contributed by atoms with van der Waals surface area (Å²) in [5.74, 6) is 1.40. The Morgan fingerprint density at radius 2 is 1.25 bits per heavy atom. The van der Waals surface area contributed by atoms with E-state index in [1.165, 1.54) is 51.4 Å². The Bertz CT molecular complexity index is 256. The van der Waals surface area contributed by atoms with Gasteiger partial charge in [-0.05, 0) is 24.7 Å². The zero-order valence-electron chi connectivity index (χ0n) is 16.7. The number of ether oxygens (including phenoxy) is 3. The zero-order chi connectivity index (χ0) is 17.6. The molecule has 0 aromatic heterocycles. The van der Waals surface area contributed by atoms with Gasteiger partial charge >= 0.3 is 0 Å². The summed E-state index contributed by atoms with van der Waals surface area (Å²) in [5, 5.41) is 0. The fourth-order valence-corrected chi connectivity index (χ4v) is 3.33. The molecule has 1 saturated heterocycles. The van der Waals surface area contributed by atoms with E-state index in [2.05, 4.69) is 27.7 Å². The van der Waals surface area contributed by atoms with E-state index in [0.29, 0.717) is 11.8 Å². The maximum Gasteiger partial charge on any atom is 0.0834 e. The lowest BCUT2D eigenvalue weighted by Gasteiger charge is -2.31. The Balaban J connectivity index is 2.25. The minimum Gasteiger partial charge on any atom is -0.376 e. The van der Waals surface area contributed by atoms with E-state index in [-0.39, 0.29) is 12.2 Å². The molecule has 1 fully saturated rings. The monoisotopic (exact) mass is 342 g/mol. The average molecular weight is 343 g/mol. The van der Waals surface area contributed by atoms with Crippen LogP contribution in [0.5, 0.6) is 0 Å². The second kappa shape index (κ2) is 14.1. The molecule has 0 spiro atoms. The zero-order valence-corrected chi connectivity index (χ0v) is 16.7. The summed E-state index contributed by atoms with van der Waals surface area (Å²) in [6, 6.07) is 0. The summed E-state index contributed by atoms with van der Waals surface area (Å²) in [4.78, 5) is 0. The van der Waals surface area contributed by atoms with Gasteiger partial charge in [-0.15, -0.1) is 0 Å². The molecule has 0 N–H and O–H groups in total. The van der Waals surface area contributed by atoms with Crippen LogP contribution < -0.4 is 0 Å². The maximum absolute atomic E-state index is 6.16. The van der Waals surface area contributed by atoms with Crippen LogP contribution in [0.2, 0.25) is 0 Å². The highest BCUT2D eigenvalue weighted by molar-refractivity contribution is 4.73. The van der Waals surface area contributed by atoms with Crippen molar-refractivity contribution in [1.29, 1.82) is 0 Å². The number of unbranched alkanes of at least 4 members (excludes halogenated alkanes) is 2. The average Bonchev–Trinajstić information content (AvgIpc) is 2.62. The van der Waals surface area contributed by atoms with Crippen molar-refractivity contribution < 1.29 is 14.2 Å². The Kier molecular flexibility index (Phi) is 12.9. The summed E-state index contributed by atoms with van der Waals surface area (Å²) < 4.78 is 18.1. The first-order valence-corrected chi connectivity index (χ1v) is 10.5. The molecule has 1 aliphatic rings. The highest BCUT2D eigenvalue weighted by atomic mass is 16.6. The predicted octanol–water partition coefficient (Wildman–Crippen LogP) is 5.61. The van der Waals surface area contributed by atoms with Crippen molar-refractivity contribution >= 4 is 0 Å². The van der Waals surface area contributed by atoms with E-state index in [1.54, 1.807) is 0 Å². The van der Waals surface area contributed by atoms with Crippen LogP contribution in [0.3, 0.4) is 0 Å². The van der Waals surface area contributed by atoms with Gasteiger partial charge in [-0.25, -0.2) is 0 Å². The van der Waals surface area contributed by atoms with Crippen molar-refractivity contribution in [3.05, 3.63) is 0 Å². The standard InChI is InChI=1S/C21H42O3/c1-5-9-11-18(7-3)14-23-20-13-21(17-22-16-20)24-15-19(8-4)12-10-6-2/h18-21H,5-17H2,1-4H3. The fraction of sp³-hybridized carbons (Fsp3) is 1.00. The van der Waals surface area contributed by atoms with Gasteiger partial charge in [0.15, 0.2) is 0 Å². The van der Waals surface area contributed by atoms with Crippen LogP contribution in [0.25, 0.3) is 0 Å². The fourth-order valence-electron chi connectivity index (χ4n) is 3.33. The third kappa shape index (κ3) is 9.39. The number of hydrogen-bond acceptors (Lipinski definition) is 3. The highest BCUT2D eigenvalue weighted by Gasteiger charge is 2.25. The van der Waals surface area contributed by atoms with E-state index in [1.807, 2.05) is 0 Å². The molecule has 4 atom stereocenters. The Hall–Kier alpha value is -0.120. The topological polar surface area (TPSA) is 27.7 Å². The minimum atomic E-state index is 0.218. The van der Waals surface area contributed by atoms with E-state index >= 15 is 0 Å². The lowest BCUT2D eigenvalue weighted by atomic mass is 10.00. The molecule has 0 amide bonds.